The average Bonchev–Trinajstić information content (AvgIpc) is 3.14. The van der Waals surface area contributed by atoms with Gasteiger partial charge in [0.05, 0.1) is 11.6 Å². The number of hydrogen-bond acceptors (Lipinski definition) is 3. The molecule has 2 aromatic rings. The lowest BCUT2D eigenvalue weighted by Gasteiger charge is -2.23. The fourth-order valence-electron chi connectivity index (χ4n) is 2.58. The Morgan fingerprint density at radius 1 is 1.20 bits per heavy atom. The summed E-state index contributed by atoms with van der Waals surface area (Å²) in [6.07, 6.45) is 12.6. The highest BCUT2D eigenvalue weighted by Gasteiger charge is 2.24. The molecule has 2 unspecified atom stereocenters. The molecule has 1 aromatic heterocycles. The number of imidazole rings is 1. The predicted octanol–water partition coefficient (Wildman–Crippen LogP) is 7.44. The van der Waals surface area contributed by atoms with Crippen LogP contribution in [0.5, 0.6) is 0 Å². The summed E-state index contributed by atoms with van der Waals surface area (Å²) in [6, 6.07) is 7.85. The number of rotatable bonds is 10. The van der Waals surface area contributed by atoms with E-state index in [4.69, 9.17) is 35.4 Å². The summed E-state index contributed by atoms with van der Waals surface area (Å²) in [5.41, 5.74) is 0.864. The minimum Gasteiger partial charge on any atom is -0.319 e. The Hall–Kier alpha value is -0.550. The van der Waals surface area contributed by atoms with Crippen LogP contribution in [-0.2, 0) is 0 Å². The van der Waals surface area contributed by atoms with E-state index in [0.717, 1.165) is 27.6 Å². The molecule has 2 nitrogen and oxygen atoms in total. The Bertz CT molecular complexity index is 629. The number of alkyl halides is 1. The van der Waals surface area contributed by atoms with Gasteiger partial charge in [-0.3, -0.25) is 0 Å². The lowest BCUT2D eigenvalue weighted by atomic mass is 10.1. The Kier molecular flexibility index (Phi) is 9.32. The fourth-order valence-corrected chi connectivity index (χ4v) is 4.67. The molecule has 0 bridgehead atoms. The molecule has 1 aromatic carbocycles. The SMILES string of the molecule is CCCCCCCC(=S)SC(c1ccc(Cl)cc1)C(Cl)n1ccnc1. The van der Waals surface area contributed by atoms with Crippen LogP contribution in [0, 0.1) is 0 Å². The molecule has 0 aliphatic rings. The Balaban J connectivity index is 2.01. The van der Waals surface area contributed by atoms with E-state index in [1.165, 1.54) is 25.7 Å². The fraction of sp³-hybridized carbons (Fsp3) is 0.474. The zero-order valence-corrected chi connectivity index (χ0v) is 17.6. The van der Waals surface area contributed by atoms with Crippen molar-refractivity contribution in [3.05, 3.63) is 53.6 Å². The summed E-state index contributed by atoms with van der Waals surface area (Å²) in [5, 5.41) is 0.746. The maximum atomic E-state index is 6.74. The van der Waals surface area contributed by atoms with Crippen LogP contribution >= 0.6 is 47.2 Å². The molecular formula is C19H24Cl2N2S2. The van der Waals surface area contributed by atoms with Crippen molar-refractivity contribution in [1.29, 1.82) is 0 Å². The largest absolute Gasteiger partial charge is 0.319 e. The van der Waals surface area contributed by atoms with Gasteiger partial charge in [0.15, 0.2) is 0 Å². The second-order valence-electron chi connectivity index (χ2n) is 6.01. The number of nitrogens with zero attached hydrogens (tertiary/aromatic N) is 2. The lowest BCUT2D eigenvalue weighted by Crippen LogP contribution is -2.11. The van der Waals surface area contributed by atoms with Crippen molar-refractivity contribution >= 4 is 51.4 Å². The van der Waals surface area contributed by atoms with E-state index >= 15 is 0 Å². The van der Waals surface area contributed by atoms with Crippen molar-refractivity contribution in [3.8, 4) is 0 Å². The van der Waals surface area contributed by atoms with Crippen molar-refractivity contribution in [1.82, 2.24) is 9.55 Å². The van der Waals surface area contributed by atoms with Gasteiger partial charge in [-0.2, -0.15) is 0 Å². The normalized spacial score (nSPS) is 13.6. The van der Waals surface area contributed by atoms with Crippen LogP contribution in [0.3, 0.4) is 0 Å². The molecule has 0 fully saturated rings. The molecule has 2 rings (SSSR count). The zero-order chi connectivity index (χ0) is 18.1. The molecule has 2 atom stereocenters. The van der Waals surface area contributed by atoms with Gasteiger partial charge in [0, 0.05) is 21.6 Å². The van der Waals surface area contributed by atoms with Crippen LogP contribution < -0.4 is 0 Å². The monoisotopic (exact) mass is 414 g/mol. The average molecular weight is 415 g/mol. The summed E-state index contributed by atoms with van der Waals surface area (Å²) < 4.78 is 2.93. The van der Waals surface area contributed by atoms with Crippen LogP contribution in [-0.4, -0.2) is 13.7 Å². The molecule has 0 radical (unpaired) electrons. The van der Waals surface area contributed by atoms with Gasteiger partial charge < -0.3 is 4.57 Å². The first-order valence-electron chi connectivity index (χ1n) is 8.68. The first kappa shape index (κ1) is 20.8. The minimum atomic E-state index is -0.258. The van der Waals surface area contributed by atoms with Crippen LogP contribution in [0.2, 0.25) is 5.02 Å². The van der Waals surface area contributed by atoms with Gasteiger partial charge in [0.1, 0.15) is 5.50 Å². The number of aromatic nitrogens is 2. The minimum absolute atomic E-state index is 0.0243. The molecular weight excluding hydrogens is 391 g/mol. The number of thiocarbonyl (C=S) groups is 1. The summed E-state index contributed by atoms with van der Waals surface area (Å²) >= 11 is 20.1. The first-order chi connectivity index (χ1) is 12.1. The highest BCUT2D eigenvalue weighted by Crippen LogP contribution is 2.42. The van der Waals surface area contributed by atoms with Gasteiger partial charge in [-0.05, 0) is 30.5 Å². The maximum Gasteiger partial charge on any atom is 0.125 e. The van der Waals surface area contributed by atoms with Crippen LogP contribution in [0.1, 0.15) is 61.8 Å². The van der Waals surface area contributed by atoms with Crippen molar-refractivity contribution < 1.29 is 0 Å². The third kappa shape index (κ3) is 6.93. The highest BCUT2D eigenvalue weighted by atomic mass is 35.5. The molecule has 0 aliphatic heterocycles. The predicted molar refractivity (Wildman–Crippen MR) is 115 cm³/mol. The second-order valence-corrected chi connectivity index (χ2v) is 8.88. The standard InChI is InChI=1S/C19H24Cl2N2S2/c1-2-3-4-5-6-7-17(24)25-18(15-8-10-16(20)11-9-15)19(21)23-13-12-22-14-23/h8-14,18-19H,2-7H2,1H3. The molecule has 0 aliphatic carbocycles. The molecule has 6 heteroatoms. The van der Waals surface area contributed by atoms with E-state index in [2.05, 4.69) is 11.9 Å². The third-order valence-corrected chi connectivity index (χ3v) is 6.62. The number of hydrogen-bond donors (Lipinski definition) is 0. The number of halogens is 2. The lowest BCUT2D eigenvalue weighted by molar-refractivity contribution is 0.644. The van der Waals surface area contributed by atoms with E-state index in [1.807, 2.05) is 35.0 Å². The molecule has 25 heavy (non-hydrogen) atoms. The molecule has 0 saturated carbocycles. The Morgan fingerprint density at radius 2 is 1.92 bits per heavy atom. The van der Waals surface area contributed by atoms with E-state index in [1.54, 1.807) is 24.3 Å². The van der Waals surface area contributed by atoms with Gasteiger partial charge >= 0.3 is 0 Å². The maximum absolute atomic E-state index is 6.74. The highest BCUT2D eigenvalue weighted by molar-refractivity contribution is 8.23. The Labute approximate surface area is 170 Å². The van der Waals surface area contributed by atoms with Gasteiger partial charge in [-0.1, -0.05) is 80.2 Å². The second kappa shape index (κ2) is 11.2. The van der Waals surface area contributed by atoms with Crippen molar-refractivity contribution in [2.45, 2.75) is 56.2 Å². The number of thioether (sulfide) groups is 1. The molecule has 136 valence electrons. The van der Waals surface area contributed by atoms with Crippen LogP contribution in [0.15, 0.2) is 43.0 Å². The van der Waals surface area contributed by atoms with Crippen LogP contribution in [0.25, 0.3) is 0 Å². The smallest absolute Gasteiger partial charge is 0.125 e. The van der Waals surface area contributed by atoms with Gasteiger partial charge in [-0.15, -0.1) is 11.8 Å². The number of unbranched alkanes of at least 4 members (excludes halogenated alkanes) is 4. The topological polar surface area (TPSA) is 17.8 Å². The van der Waals surface area contributed by atoms with Crippen molar-refractivity contribution in [3.63, 3.8) is 0 Å². The van der Waals surface area contributed by atoms with E-state index in [-0.39, 0.29) is 10.8 Å². The zero-order valence-electron chi connectivity index (χ0n) is 14.4. The first-order valence-corrected chi connectivity index (χ1v) is 10.8. The quantitative estimate of drug-likeness (QED) is 0.228. The van der Waals surface area contributed by atoms with Gasteiger partial charge in [0.2, 0.25) is 0 Å². The summed E-state index contributed by atoms with van der Waals surface area (Å²) in [4.78, 5) is 4.11. The summed E-state index contributed by atoms with van der Waals surface area (Å²) in [5.74, 6) is 0. The summed E-state index contributed by atoms with van der Waals surface area (Å²) in [6.45, 7) is 2.23. The van der Waals surface area contributed by atoms with Crippen LogP contribution in [0.4, 0.5) is 0 Å². The Morgan fingerprint density at radius 3 is 2.56 bits per heavy atom. The van der Waals surface area contributed by atoms with Gasteiger partial charge in [0.25, 0.3) is 0 Å². The molecule has 0 amide bonds. The molecule has 1 heterocycles. The van der Waals surface area contributed by atoms with E-state index < -0.39 is 0 Å². The van der Waals surface area contributed by atoms with Crippen molar-refractivity contribution in [2.75, 3.05) is 0 Å². The van der Waals surface area contributed by atoms with Gasteiger partial charge in [-0.25, -0.2) is 4.98 Å². The molecule has 0 spiro atoms. The number of benzene rings is 1. The van der Waals surface area contributed by atoms with E-state index in [0.29, 0.717) is 0 Å². The molecule has 0 N–H and O–H groups in total. The van der Waals surface area contributed by atoms with Crippen molar-refractivity contribution in [2.24, 2.45) is 0 Å². The molecule has 0 saturated heterocycles. The third-order valence-electron chi connectivity index (χ3n) is 4.00. The summed E-state index contributed by atoms with van der Waals surface area (Å²) in [7, 11) is 0. The van der Waals surface area contributed by atoms with E-state index in [9.17, 15) is 0 Å².